The number of rotatable bonds is 5. The number of pyridine rings is 1. The van der Waals surface area contributed by atoms with Gasteiger partial charge in [0.05, 0.1) is 5.56 Å². The van der Waals surface area contributed by atoms with E-state index in [9.17, 15) is 9.59 Å². The minimum Gasteiger partial charge on any atom is -0.452 e. The monoisotopic (exact) mass is 328 g/mol. The van der Waals surface area contributed by atoms with Gasteiger partial charge in [0.25, 0.3) is 5.91 Å². The number of ether oxygens (including phenoxy) is 1. The van der Waals surface area contributed by atoms with E-state index in [-0.39, 0.29) is 12.5 Å². The Balaban J connectivity index is 1.26. The third-order valence-electron chi connectivity index (χ3n) is 6.08. The van der Waals surface area contributed by atoms with Crippen LogP contribution in [0.2, 0.25) is 0 Å². The minimum absolute atomic E-state index is 0.201. The van der Waals surface area contributed by atoms with E-state index in [2.05, 4.69) is 10.3 Å². The van der Waals surface area contributed by atoms with Gasteiger partial charge in [0.2, 0.25) is 0 Å². The van der Waals surface area contributed by atoms with Crippen LogP contribution in [-0.4, -0.2) is 30.0 Å². The Hall–Kier alpha value is -1.91. The molecule has 0 aliphatic heterocycles. The highest BCUT2D eigenvalue weighted by molar-refractivity contribution is 5.91. The van der Waals surface area contributed by atoms with E-state index in [1.807, 2.05) is 0 Å². The van der Waals surface area contributed by atoms with Gasteiger partial charge in [-0.25, -0.2) is 4.79 Å². The van der Waals surface area contributed by atoms with Crippen LogP contribution in [0.25, 0.3) is 0 Å². The Morgan fingerprint density at radius 1 is 1.08 bits per heavy atom. The molecule has 128 valence electrons. The molecular formula is C19H24N2O3. The van der Waals surface area contributed by atoms with Gasteiger partial charge >= 0.3 is 5.97 Å². The largest absolute Gasteiger partial charge is 0.452 e. The summed E-state index contributed by atoms with van der Waals surface area (Å²) in [5, 5.41) is 3.02. The number of amides is 1. The summed E-state index contributed by atoms with van der Waals surface area (Å²) in [6.07, 6.45) is 11.0. The maximum atomic E-state index is 12.1. The first-order valence-electron chi connectivity index (χ1n) is 8.96. The molecule has 1 aromatic rings. The minimum atomic E-state index is -0.484. The molecule has 5 nitrogen and oxygen atoms in total. The van der Waals surface area contributed by atoms with Crippen LogP contribution in [0, 0.1) is 23.2 Å². The fourth-order valence-electron chi connectivity index (χ4n) is 5.55. The third-order valence-corrected chi connectivity index (χ3v) is 6.08. The Bertz CT molecular complexity index is 593. The van der Waals surface area contributed by atoms with Gasteiger partial charge in [0, 0.05) is 18.9 Å². The Kier molecular flexibility index (Phi) is 4.02. The standard InChI is InChI=1S/C19H24N2O3/c22-17(11-24-18(23)16-1-3-20-4-2-16)21-12-19-8-13-5-14(9-19)7-15(6-13)10-19/h1-4,13-15H,5-12H2,(H,21,22). The van der Waals surface area contributed by atoms with Crippen molar-refractivity contribution >= 4 is 11.9 Å². The van der Waals surface area contributed by atoms with Crippen molar-refractivity contribution in [1.82, 2.24) is 10.3 Å². The number of aromatic nitrogens is 1. The molecule has 0 saturated heterocycles. The molecule has 1 heterocycles. The zero-order chi connectivity index (χ0) is 16.6. The lowest BCUT2D eigenvalue weighted by Gasteiger charge is -2.56. The number of nitrogens with zero attached hydrogens (tertiary/aromatic N) is 1. The van der Waals surface area contributed by atoms with Crippen LogP contribution in [0.1, 0.15) is 48.9 Å². The van der Waals surface area contributed by atoms with Gasteiger partial charge in [0.15, 0.2) is 6.61 Å². The fraction of sp³-hybridized carbons (Fsp3) is 0.632. The van der Waals surface area contributed by atoms with Gasteiger partial charge in [-0.3, -0.25) is 9.78 Å². The van der Waals surface area contributed by atoms with Gasteiger partial charge in [-0.1, -0.05) is 0 Å². The molecule has 0 aromatic carbocycles. The van der Waals surface area contributed by atoms with Crippen molar-refractivity contribution in [2.75, 3.05) is 13.2 Å². The highest BCUT2D eigenvalue weighted by Crippen LogP contribution is 2.59. The first-order valence-corrected chi connectivity index (χ1v) is 8.96. The highest BCUT2D eigenvalue weighted by atomic mass is 16.5. The smallest absolute Gasteiger partial charge is 0.338 e. The summed E-state index contributed by atoms with van der Waals surface area (Å²) < 4.78 is 5.08. The third kappa shape index (κ3) is 3.17. The predicted octanol–water partition coefficient (Wildman–Crippen LogP) is 2.57. The van der Waals surface area contributed by atoms with Crippen LogP contribution in [0.4, 0.5) is 0 Å². The number of esters is 1. The van der Waals surface area contributed by atoms with Crippen LogP contribution in [0.3, 0.4) is 0 Å². The molecule has 5 heteroatoms. The SMILES string of the molecule is O=C(COC(=O)c1ccncc1)NCC12CC3CC(CC(C3)C1)C2. The zero-order valence-corrected chi connectivity index (χ0v) is 13.9. The quantitative estimate of drug-likeness (QED) is 0.844. The second-order valence-electron chi connectivity index (χ2n) is 8.01. The van der Waals surface area contributed by atoms with Gasteiger partial charge in [-0.05, 0) is 73.8 Å². The molecule has 4 saturated carbocycles. The van der Waals surface area contributed by atoms with Gasteiger partial charge < -0.3 is 10.1 Å². The molecule has 0 spiro atoms. The lowest BCUT2D eigenvalue weighted by atomic mass is 9.49. The van der Waals surface area contributed by atoms with Crippen molar-refractivity contribution in [1.29, 1.82) is 0 Å². The Morgan fingerprint density at radius 3 is 2.25 bits per heavy atom. The van der Waals surface area contributed by atoms with Crippen molar-refractivity contribution in [3.05, 3.63) is 30.1 Å². The first kappa shape index (κ1) is 15.6. The van der Waals surface area contributed by atoms with Crippen LogP contribution in [0.15, 0.2) is 24.5 Å². The van der Waals surface area contributed by atoms with Crippen molar-refractivity contribution in [2.24, 2.45) is 23.2 Å². The van der Waals surface area contributed by atoms with Crippen LogP contribution >= 0.6 is 0 Å². The molecule has 24 heavy (non-hydrogen) atoms. The van der Waals surface area contributed by atoms with Crippen LogP contribution in [0.5, 0.6) is 0 Å². The topological polar surface area (TPSA) is 68.3 Å². The molecule has 4 aliphatic carbocycles. The Labute approximate surface area is 142 Å². The summed E-state index contributed by atoms with van der Waals surface area (Å²) in [7, 11) is 0. The molecule has 1 N–H and O–H groups in total. The van der Waals surface area contributed by atoms with Crippen molar-refractivity contribution in [2.45, 2.75) is 38.5 Å². The molecular weight excluding hydrogens is 304 g/mol. The van der Waals surface area contributed by atoms with Crippen LogP contribution in [-0.2, 0) is 9.53 Å². The summed E-state index contributed by atoms with van der Waals surface area (Å²) in [5.41, 5.74) is 0.721. The number of hydrogen-bond donors (Lipinski definition) is 1. The van der Waals surface area contributed by atoms with E-state index < -0.39 is 5.97 Å². The van der Waals surface area contributed by atoms with Crippen molar-refractivity contribution in [3.63, 3.8) is 0 Å². The fourth-order valence-corrected chi connectivity index (χ4v) is 5.55. The average molecular weight is 328 g/mol. The molecule has 5 rings (SSSR count). The molecule has 0 unspecified atom stereocenters. The molecule has 0 atom stereocenters. The maximum absolute atomic E-state index is 12.1. The lowest BCUT2D eigenvalue weighted by Crippen LogP contribution is -2.51. The second-order valence-corrected chi connectivity index (χ2v) is 8.01. The lowest BCUT2D eigenvalue weighted by molar-refractivity contribution is -0.126. The normalized spacial score (nSPS) is 33.2. The van der Waals surface area contributed by atoms with E-state index in [1.165, 1.54) is 50.9 Å². The van der Waals surface area contributed by atoms with Crippen molar-refractivity contribution < 1.29 is 14.3 Å². The van der Waals surface area contributed by atoms with Gasteiger partial charge in [-0.15, -0.1) is 0 Å². The maximum Gasteiger partial charge on any atom is 0.338 e. The van der Waals surface area contributed by atoms with E-state index >= 15 is 0 Å². The predicted molar refractivity (Wildman–Crippen MR) is 88.1 cm³/mol. The average Bonchev–Trinajstić information content (AvgIpc) is 2.57. The van der Waals surface area contributed by atoms with E-state index in [1.54, 1.807) is 12.1 Å². The summed E-state index contributed by atoms with van der Waals surface area (Å²) in [6.45, 7) is 0.523. The number of nitrogens with one attached hydrogen (secondary N) is 1. The van der Waals surface area contributed by atoms with E-state index in [0.717, 1.165) is 24.3 Å². The Morgan fingerprint density at radius 2 is 1.67 bits per heavy atom. The number of carbonyl (C=O) groups excluding carboxylic acids is 2. The summed E-state index contributed by atoms with van der Waals surface area (Å²) in [5.74, 6) is 1.93. The zero-order valence-electron chi connectivity index (χ0n) is 13.9. The van der Waals surface area contributed by atoms with Crippen LogP contribution < -0.4 is 5.32 Å². The molecule has 1 aromatic heterocycles. The molecule has 4 bridgehead atoms. The first-order chi connectivity index (χ1) is 11.6. The summed E-state index contributed by atoms with van der Waals surface area (Å²) in [4.78, 5) is 27.8. The van der Waals surface area contributed by atoms with Gasteiger partial charge in [-0.2, -0.15) is 0 Å². The second kappa shape index (κ2) is 6.19. The number of hydrogen-bond acceptors (Lipinski definition) is 4. The molecule has 0 radical (unpaired) electrons. The van der Waals surface area contributed by atoms with Crippen molar-refractivity contribution in [3.8, 4) is 0 Å². The highest BCUT2D eigenvalue weighted by Gasteiger charge is 2.50. The van der Waals surface area contributed by atoms with E-state index in [0.29, 0.717) is 11.0 Å². The van der Waals surface area contributed by atoms with Gasteiger partial charge in [0.1, 0.15) is 0 Å². The molecule has 4 aliphatic rings. The molecule has 1 amide bonds. The summed E-state index contributed by atoms with van der Waals surface area (Å²) >= 11 is 0. The molecule has 4 fully saturated rings. The summed E-state index contributed by atoms with van der Waals surface area (Å²) in [6, 6.07) is 3.16. The van der Waals surface area contributed by atoms with E-state index in [4.69, 9.17) is 4.74 Å². The number of carbonyl (C=O) groups is 2.